The van der Waals surface area contributed by atoms with E-state index in [2.05, 4.69) is 10.6 Å². The summed E-state index contributed by atoms with van der Waals surface area (Å²) in [6.07, 6.45) is 0.954. The summed E-state index contributed by atoms with van der Waals surface area (Å²) in [6, 6.07) is 7.81. The lowest BCUT2D eigenvalue weighted by molar-refractivity contribution is -0.118. The molecular formula is C14H23ClN2O2S. The number of carbonyl (C=O) groups is 1. The number of rotatable bonds is 9. The van der Waals surface area contributed by atoms with Gasteiger partial charge in [-0.2, -0.15) is 0 Å². The van der Waals surface area contributed by atoms with Crippen molar-refractivity contribution in [2.24, 2.45) is 0 Å². The smallest absolute Gasteiger partial charge is 0.230 e. The lowest BCUT2D eigenvalue weighted by Gasteiger charge is -2.06. The zero-order valence-corrected chi connectivity index (χ0v) is 13.6. The second kappa shape index (κ2) is 11.9. The fraction of sp³-hybridized carbons (Fsp3) is 0.500. The zero-order chi connectivity index (χ0) is 13.9. The van der Waals surface area contributed by atoms with Crippen molar-refractivity contribution < 1.29 is 9.53 Å². The maximum Gasteiger partial charge on any atom is 0.230 e. The highest BCUT2D eigenvalue weighted by Gasteiger charge is 2.02. The van der Waals surface area contributed by atoms with Crippen LogP contribution in [0, 0.1) is 0 Å². The molecule has 1 amide bonds. The summed E-state index contributed by atoms with van der Waals surface area (Å²) < 4.78 is 5.37. The third-order valence-electron chi connectivity index (χ3n) is 2.43. The van der Waals surface area contributed by atoms with Crippen molar-refractivity contribution in [2.75, 3.05) is 32.5 Å². The molecule has 0 spiro atoms. The Morgan fingerprint density at radius 3 is 2.55 bits per heavy atom. The maximum absolute atomic E-state index is 11.6. The lowest BCUT2D eigenvalue weighted by Crippen LogP contribution is -2.27. The normalized spacial score (nSPS) is 9.70. The minimum Gasteiger partial charge on any atom is -0.494 e. The van der Waals surface area contributed by atoms with Crippen LogP contribution in [0.25, 0.3) is 0 Å². The molecule has 114 valence electrons. The Hall–Kier alpha value is -0.910. The van der Waals surface area contributed by atoms with Gasteiger partial charge >= 0.3 is 0 Å². The van der Waals surface area contributed by atoms with Crippen LogP contribution in [0.4, 0.5) is 0 Å². The minimum atomic E-state index is 0. The van der Waals surface area contributed by atoms with Crippen LogP contribution in [0.15, 0.2) is 29.2 Å². The second-order valence-corrected chi connectivity index (χ2v) is 5.05. The number of halogens is 1. The van der Waals surface area contributed by atoms with Gasteiger partial charge in [-0.25, -0.2) is 0 Å². The Balaban J connectivity index is 0.00000361. The monoisotopic (exact) mass is 318 g/mol. The molecule has 6 heteroatoms. The summed E-state index contributed by atoms with van der Waals surface area (Å²) >= 11 is 1.54. The molecule has 0 bridgehead atoms. The summed E-state index contributed by atoms with van der Waals surface area (Å²) in [5.41, 5.74) is 0. The molecule has 0 saturated heterocycles. The van der Waals surface area contributed by atoms with Crippen molar-refractivity contribution in [2.45, 2.75) is 18.2 Å². The average Bonchev–Trinajstić information content (AvgIpc) is 2.43. The summed E-state index contributed by atoms with van der Waals surface area (Å²) in [4.78, 5) is 12.6. The van der Waals surface area contributed by atoms with E-state index < -0.39 is 0 Å². The molecule has 0 heterocycles. The standard InChI is InChI=1S/C14H22N2O2S.ClH/c1-3-18-12-5-7-13(8-6-12)19-11-14(17)16-10-4-9-15-2;/h5-8,15H,3-4,9-11H2,1-2H3,(H,16,17);1H. The molecule has 4 nitrogen and oxygen atoms in total. The molecule has 0 unspecified atom stereocenters. The average molecular weight is 319 g/mol. The fourth-order valence-electron chi connectivity index (χ4n) is 1.49. The second-order valence-electron chi connectivity index (χ2n) is 4.00. The summed E-state index contributed by atoms with van der Waals surface area (Å²) in [7, 11) is 1.91. The van der Waals surface area contributed by atoms with Gasteiger partial charge in [-0.3, -0.25) is 4.79 Å². The summed E-state index contributed by atoms with van der Waals surface area (Å²) in [5.74, 6) is 1.39. The van der Waals surface area contributed by atoms with E-state index in [1.54, 1.807) is 0 Å². The van der Waals surface area contributed by atoms with E-state index in [-0.39, 0.29) is 18.3 Å². The number of nitrogens with one attached hydrogen (secondary N) is 2. The highest BCUT2D eigenvalue weighted by atomic mass is 35.5. The molecule has 0 aliphatic carbocycles. The first-order valence-corrected chi connectivity index (χ1v) is 7.51. The van der Waals surface area contributed by atoms with E-state index >= 15 is 0 Å². The van der Waals surface area contributed by atoms with Gasteiger partial charge in [0.2, 0.25) is 5.91 Å². The van der Waals surface area contributed by atoms with Gasteiger partial charge in [0.1, 0.15) is 5.75 Å². The van der Waals surface area contributed by atoms with E-state index in [0.717, 1.165) is 30.2 Å². The zero-order valence-electron chi connectivity index (χ0n) is 12.0. The molecule has 0 radical (unpaired) electrons. The first-order chi connectivity index (χ1) is 9.26. The van der Waals surface area contributed by atoms with Crippen LogP contribution >= 0.6 is 24.2 Å². The van der Waals surface area contributed by atoms with Crippen molar-refractivity contribution in [3.8, 4) is 5.75 Å². The number of ether oxygens (including phenoxy) is 1. The number of carbonyl (C=O) groups excluding carboxylic acids is 1. The number of hydrogen-bond acceptors (Lipinski definition) is 4. The van der Waals surface area contributed by atoms with Crippen molar-refractivity contribution in [1.29, 1.82) is 0 Å². The Kier molecular flexibility index (Phi) is 11.3. The molecule has 0 aromatic heterocycles. The molecule has 0 saturated carbocycles. The highest BCUT2D eigenvalue weighted by molar-refractivity contribution is 8.00. The van der Waals surface area contributed by atoms with Gasteiger partial charge in [0.15, 0.2) is 0 Å². The van der Waals surface area contributed by atoms with Gasteiger partial charge in [-0.05, 0) is 51.2 Å². The van der Waals surface area contributed by atoms with Crippen LogP contribution in [0.3, 0.4) is 0 Å². The fourth-order valence-corrected chi connectivity index (χ4v) is 2.22. The SMILES string of the molecule is CCOc1ccc(SCC(=O)NCCCNC)cc1.Cl. The topological polar surface area (TPSA) is 50.4 Å². The van der Waals surface area contributed by atoms with Crippen molar-refractivity contribution in [3.63, 3.8) is 0 Å². The third kappa shape index (κ3) is 8.30. The first-order valence-electron chi connectivity index (χ1n) is 6.53. The number of hydrogen-bond donors (Lipinski definition) is 2. The Labute approximate surface area is 131 Å². The summed E-state index contributed by atoms with van der Waals surface area (Å²) in [5, 5.41) is 5.94. The molecule has 0 aliphatic heterocycles. The van der Waals surface area contributed by atoms with E-state index in [4.69, 9.17) is 4.74 Å². The van der Waals surface area contributed by atoms with Crippen molar-refractivity contribution >= 4 is 30.1 Å². The van der Waals surface area contributed by atoms with Crippen LogP contribution in [0.1, 0.15) is 13.3 Å². The summed E-state index contributed by atoms with van der Waals surface area (Å²) in [6.45, 7) is 4.28. The molecular weight excluding hydrogens is 296 g/mol. The predicted octanol–water partition coefficient (Wildman–Crippen LogP) is 2.32. The van der Waals surface area contributed by atoms with Crippen LogP contribution in [0.2, 0.25) is 0 Å². The van der Waals surface area contributed by atoms with Crippen LogP contribution in [-0.4, -0.2) is 38.4 Å². The van der Waals surface area contributed by atoms with Gasteiger partial charge < -0.3 is 15.4 Å². The molecule has 0 aliphatic rings. The van der Waals surface area contributed by atoms with Crippen LogP contribution < -0.4 is 15.4 Å². The quantitative estimate of drug-likeness (QED) is 0.542. The molecule has 1 aromatic carbocycles. The van der Waals surface area contributed by atoms with Crippen molar-refractivity contribution in [1.82, 2.24) is 10.6 Å². The van der Waals surface area contributed by atoms with E-state index in [1.807, 2.05) is 38.2 Å². The molecule has 0 fully saturated rings. The Bertz CT molecular complexity index is 374. The predicted molar refractivity (Wildman–Crippen MR) is 87.1 cm³/mol. The Morgan fingerprint density at radius 1 is 1.25 bits per heavy atom. The molecule has 20 heavy (non-hydrogen) atoms. The van der Waals surface area contributed by atoms with Crippen LogP contribution in [-0.2, 0) is 4.79 Å². The largest absolute Gasteiger partial charge is 0.494 e. The van der Waals surface area contributed by atoms with Gasteiger partial charge in [-0.1, -0.05) is 0 Å². The lowest BCUT2D eigenvalue weighted by atomic mass is 10.3. The molecule has 1 aromatic rings. The first kappa shape index (κ1) is 19.1. The van der Waals surface area contributed by atoms with Gasteiger partial charge in [0.25, 0.3) is 0 Å². The van der Waals surface area contributed by atoms with E-state index in [9.17, 15) is 4.79 Å². The van der Waals surface area contributed by atoms with Gasteiger partial charge in [-0.15, -0.1) is 24.2 Å². The molecule has 0 atom stereocenters. The number of benzene rings is 1. The number of thioether (sulfide) groups is 1. The van der Waals surface area contributed by atoms with E-state index in [0.29, 0.717) is 12.4 Å². The molecule has 1 rings (SSSR count). The van der Waals surface area contributed by atoms with Crippen molar-refractivity contribution in [3.05, 3.63) is 24.3 Å². The van der Waals surface area contributed by atoms with E-state index in [1.165, 1.54) is 11.8 Å². The molecule has 2 N–H and O–H groups in total. The van der Waals surface area contributed by atoms with Gasteiger partial charge in [0.05, 0.1) is 12.4 Å². The number of amides is 1. The Morgan fingerprint density at radius 2 is 1.95 bits per heavy atom. The maximum atomic E-state index is 11.6. The third-order valence-corrected chi connectivity index (χ3v) is 3.44. The van der Waals surface area contributed by atoms with Gasteiger partial charge in [0, 0.05) is 11.4 Å². The highest BCUT2D eigenvalue weighted by Crippen LogP contribution is 2.21. The minimum absolute atomic E-state index is 0. The van der Waals surface area contributed by atoms with Crippen LogP contribution in [0.5, 0.6) is 5.75 Å².